The molecule has 0 bridgehead atoms. The first-order valence-electron chi connectivity index (χ1n) is 5.24. The molecule has 0 amide bonds. The van der Waals surface area contributed by atoms with Crippen LogP contribution in [0.3, 0.4) is 0 Å². The standard InChI is InChI=1S/C10H13BrO2.C2H6/c1-3-6-13-8-4-5-9(11)10(7-8)12-2;1-2/h4-5,7H,3,6H2,1-2H3;1-2H3. The lowest BCUT2D eigenvalue weighted by Crippen LogP contribution is -1.95. The lowest BCUT2D eigenvalue weighted by molar-refractivity contribution is 0.314. The van der Waals surface area contributed by atoms with Crippen molar-refractivity contribution in [3.63, 3.8) is 0 Å². The Kier molecular flexibility index (Phi) is 8.19. The van der Waals surface area contributed by atoms with E-state index in [1.165, 1.54) is 0 Å². The molecule has 0 spiro atoms. The molecule has 2 nitrogen and oxygen atoms in total. The summed E-state index contributed by atoms with van der Waals surface area (Å²) in [6.07, 6.45) is 1.01. The number of halogens is 1. The van der Waals surface area contributed by atoms with Gasteiger partial charge < -0.3 is 9.47 Å². The van der Waals surface area contributed by atoms with Gasteiger partial charge >= 0.3 is 0 Å². The summed E-state index contributed by atoms with van der Waals surface area (Å²) in [4.78, 5) is 0. The van der Waals surface area contributed by atoms with Crippen LogP contribution in [0.4, 0.5) is 0 Å². The first kappa shape index (κ1) is 14.3. The molecule has 1 aromatic rings. The molecule has 15 heavy (non-hydrogen) atoms. The van der Waals surface area contributed by atoms with Crippen molar-refractivity contribution in [1.82, 2.24) is 0 Å². The van der Waals surface area contributed by atoms with E-state index in [-0.39, 0.29) is 0 Å². The van der Waals surface area contributed by atoms with Crippen LogP contribution in [0.5, 0.6) is 11.5 Å². The van der Waals surface area contributed by atoms with E-state index in [4.69, 9.17) is 9.47 Å². The quantitative estimate of drug-likeness (QED) is 0.816. The summed E-state index contributed by atoms with van der Waals surface area (Å²) in [5.41, 5.74) is 0. The zero-order valence-corrected chi connectivity index (χ0v) is 11.4. The minimum absolute atomic E-state index is 0.741. The van der Waals surface area contributed by atoms with Crippen LogP contribution in [0.25, 0.3) is 0 Å². The zero-order chi connectivity index (χ0) is 11.7. The zero-order valence-electron chi connectivity index (χ0n) is 9.84. The van der Waals surface area contributed by atoms with Gasteiger partial charge in [-0.15, -0.1) is 0 Å². The molecule has 0 unspecified atom stereocenters. The third-order valence-corrected chi connectivity index (χ3v) is 2.25. The maximum Gasteiger partial charge on any atom is 0.136 e. The van der Waals surface area contributed by atoms with Crippen LogP contribution in [-0.2, 0) is 0 Å². The second-order valence-electron chi connectivity index (χ2n) is 2.64. The highest BCUT2D eigenvalue weighted by Gasteiger charge is 2.01. The first-order chi connectivity index (χ1) is 7.27. The van der Waals surface area contributed by atoms with E-state index >= 15 is 0 Å². The van der Waals surface area contributed by atoms with Crippen LogP contribution in [-0.4, -0.2) is 13.7 Å². The predicted octanol–water partition coefficient (Wildman–Crippen LogP) is 4.27. The van der Waals surface area contributed by atoms with Gasteiger partial charge in [0.25, 0.3) is 0 Å². The summed E-state index contributed by atoms with van der Waals surface area (Å²) < 4.78 is 11.5. The van der Waals surface area contributed by atoms with Crippen LogP contribution < -0.4 is 9.47 Å². The minimum atomic E-state index is 0.741. The van der Waals surface area contributed by atoms with Crippen molar-refractivity contribution < 1.29 is 9.47 Å². The van der Waals surface area contributed by atoms with Gasteiger partial charge in [0.15, 0.2) is 0 Å². The predicted molar refractivity (Wildman–Crippen MR) is 67.8 cm³/mol. The molecule has 1 aromatic carbocycles. The van der Waals surface area contributed by atoms with Crippen molar-refractivity contribution in [1.29, 1.82) is 0 Å². The number of hydrogen-bond acceptors (Lipinski definition) is 2. The van der Waals surface area contributed by atoms with Crippen LogP contribution >= 0.6 is 15.9 Å². The molecule has 3 heteroatoms. The van der Waals surface area contributed by atoms with E-state index in [2.05, 4.69) is 22.9 Å². The van der Waals surface area contributed by atoms with Crippen molar-refractivity contribution in [3.05, 3.63) is 22.7 Å². The average Bonchev–Trinajstić information content (AvgIpc) is 2.30. The molecule has 0 radical (unpaired) electrons. The summed E-state index contributed by atoms with van der Waals surface area (Å²) in [6, 6.07) is 5.71. The smallest absolute Gasteiger partial charge is 0.136 e. The second kappa shape index (κ2) is 8.60. The molecule has 0 aromatic heterocycles. The van der Waals surface area contributed by atoms with E-state index in [1.54, 1.807) is 7.11 Å². The summed E-state index contributed by atoms with van der Waals surface area (Å²) in [7, 11) is 1.64. The highest BCUT2D eigenvalue weighted by Crippen LogP contribution is 2.28. The monoisotopic (exact) mass is 274 g/mol. The molecule has 0 saturated carbocycles. The van der Waals surface area contributed by atoms with Gasteiger partial charge in [-0.3, -0.25) is 0 Å². The summed E-state index contributed by atoms with van der Waals surface area (Å²) in [5, 5.41) is 0. The van der Waals surface area contributed by atoms with Gasteiger partial charge in [-0.05, 0) is 34.5 Å². The van der Waals surface area contributed by atoms with Crippen LogP contribution in [0.15, 0.2) is 22.7 Å². The van der Waals surface area contributed by atoms with E-state index in [9.17, 15) is 0 Å². The molecule has 0 heterocycles. The molecule has 0 saturated heterocycles. The molecule has 0 aliphatic rings. The Morgan fingerprint density at radius 1 is 1.27 bits per heavy atom. The molecule has 0 atom stereocenters. The lowest BCUT2D eigenvalue weighted by Gasteiger charge is -2.07. The first-order valence-corrected chi connectivity index (χ1v) is 6.03. The van der Waals surface area contributed by atoms with E-state index in [0.29, 0.717) is 0 Å². The van der Waals surface area contributed by atoms with Crippen LogP contribution in [0.1, 0.15) is 27.2 Å². The summed E-state index contributed by atoms with van der Waals surface area (Å²) >= 11 is 3.38. The van der Waals surface area contributed by atoms with Crippen molar-refractivity contribution in [2.75, 3.05) is 13.7 Å². The molecule has 0 fully saturated rings. The fraction of sp³-hybridized carbons (Fsp3) is 0.500. The number of methoxy groups -OCH3 is 1. The van der Waals surface area contributed by atoms with Crippen LogP contribution in [0, 0.1) is 0 Å². The van der Waals surface area contributed by atoms with Gasteiger partial charge in [0, 0.05) is 6.07 Å². The van der Waals surface area contributed by atoms with Gasteiger partial charge in [-0.1, -0.05) is 20.8 Å². The second-order valence-corrected chi connectivity index (χ2v) is 3.50. The number of benzene rings is 1. The molecular weight excluding hydrogens is 256 g/mol. The van der Waals surface area contributed by atoms with Crippen molar-refractivity contribution in [2.24, 2.45) is 0 Å². The third-order valence-electron chi connectivity index (χ3n) is 1.60. The fourth-order valence-electron chi connectivity index (χ4n) is 0.950. The number of ether oxygens (including phenoxy) is 2. The van der Waals surface area contributed by atoms with Crippen molar-refractivity contribution in [2.45, 2.75) is 27.2 Å². The molecule has 0 aliphatic carbocycles. The van der Waals surface area contributed by atoms with Gasteiger partial charge in [-0.2, -0.15) is 0 Å². The molecular formula is C12H19BrO2. The number of rotatable bonds is 4. The fourth-order valence-corrected chi connectivity index (χ4v) is 1.36. The topological polar surface area (TPSA) is 18.5 Å². The van der Waals surface area contributed by atoms with Gasteiger partial charge in [0.05, 0.1) is 18.2 Å². The lowest BCUT2D eigenvalue weighted by atomic mass is 10.3. The van der Waals surface area contributed by atoms with E-state index in [0.717, 1.165) is 29.0 Å². The summed E-state index contributed by atoms with van der Waals surface area (Å²) in [6.45, 7) is 6.82. The largest absolute Gasteiger partial charge is 0.495 e. The Morgan fingerprint density at radius 2 is 1.93 bits per heavy atom. The Hall–Kier alpha value is -0.700. The highest BCUT2D eigenvalue weighted by molar-refractivity contribution is 9.10. The van der Waals surface area contributed by atoms with Crippen LogP contribution in [0.2, 0.25) is 0 Å². The Morgan fingerprint density at radius 3 is 2.47 bits per heavy atom. The van der Waals surface area contributed by atoms with Gasteiger partial charge in [0.2, 0.25) is 0 Å². The molecule has 0 N–H and O–H groups in total. The Bertz CT molecular complexity index is 274. The normalized spacial score (nSPS) is 8.87. The SMILES string of the molecule is CC.CCCOc1ccc(Br)c(OC)c1. The van der Waals surface area contributed by atoms with Crippen molar-refractivity contribution in [3.8, 4) is 11.5 Å². The third kappa shape index (κ3) is 5.07. The Balaban J connectivity index is 0.000000921. The van der Waals surface area contributed by atoms with Gasteiger partial charge in [-0.25, -0.2) is 0 Å². The molecule has 0 aliphatic heterocycles. The highest BCUT2D eigenvalue weighted by atomic mass is 79.9. The summed E-state index contributed by atoms with van der Waals surface area (Å²) in [5.74, 6) is 1.65. The molecule has 86 valence electrons. The number of hydrogen-bond donors (Lipinski definition) is 0. The van der Waals surface area contributed by atoms with Gasteiger partial charge in [0.1, 0.15) is 11.5 Å². The maximum absolute atomic E-state index is 5.45. The Labute approximate surface area is 101 Å². The average molecular weight is 275 g/mol. The van der Waals surface area contributed by atoms with Crippen molar-refractivity contribution >= 4 is 15.9 Å². The maximum atomic E-state index is 5.45. The molecule has 1 rings (SSSR count). The van der Waals surface area contributed by atoms with E-state index < -0.39 is 0 Å². The van der Waals surface area contributed by atoms with E-state index in [1.807, 2.05) is 32.0 Å². The minimum Gasteiger partial charge on any atom is -0.495 e.